The first-order valence-electron chi connectivity index (χ1n) is 6.75. The molecule has 1 aromatic rings. The Kier molecular flexibility index (Phi) is 2.49. The number of nitrogens with two attached hydrogens (primary N) is 1. The topological polar surface area (TPSA) is 73.6 Å². The van der Waals surface area contributed by atoms with Crippen LogP contribution in [0.1, 0.15) is 38.1 Å². The fourth-order valence-corrected chi connectivity index (χ4v) is 2.92. The molecule has 0 radical (unpaired) electrons. The van der Waals surface area contributed by atoms with Gasteiger partial charge in [-0.2, -0.15) is 0 Å². The van der Waals surface area contributed by atoms with E-state index in [1.54, 1.807) is 12.1 Å². The summed E-state index contributed by atoms with van der Waals surface area (Å²) in [6.07, 6.45) is 0. The summed E-state index contributed by atoms with van der Waals surface area (Å²) in [6.45, 7) is 8.78. The van der Waals surface area contributed by atoms with Crippen molar-refractivity contribution in [2.75, 3.05) is 12.5 Å². The Morgan fingerprint density at radius 1 is 1.20 bits per heavy atom. The number of hydrogen-bond donors (Lipinski definition) is 2. The quantitative estimate of drug-likeness (QED) is 0.812. The van der Waals surface area contributed by atoms with Gasteiger partial charge >= 0.3 is 0 Å². The van der Waals surface area contributed by atoms with Gasteiger partial charge in [0, 0.05) is 17.8 Å². The summed E-state index contributed by atoms with van der Waals surface area (Å²) in [7, 11) is 0. The molecule has 20 heavy (non-hydrogen) atoms. The van der Waals surface area contributed by atoms with Crippen LogP contribution in [0.4, 0.5) is 5.69 Å². The number of rotatable bonds is 2. The van der Waals surface area contributed by atoms with Crippen LogP contribution in [0.2, 0.25) is 0 Å². The second kappa shape index (κ2) is 3.81. The molecule has 3 N–H and O–H groups in total. The first-order chi connectivity index (χ1) is 9.25. The number of fused-ring (bicyclic) bond motifs is 1. The number of carbonyl (C=O) groups excluding carboxylic acids is 1. The molecule has 1 fully saturated rings. The van der Waals surface area contributed by atoms with Crippen LogP contribution in [-0.4, -0.2) is 18.7 Å². The zero-order valence-corrected chi connectivity index (χ0v) is 12.2. The summed E-state index contributed by atoms with van der Waals surface area (Å²) >= 11 is 0. The fraction of sp³-hybridized carbons (Fsp3) is 0.533. The SMILES string of the molecule is CC1(C)C(NC(=O)c2cc3c(cc2N)OCO3)C1(C)C. The molecule has 1 heterocycles. The van der Waals surface area contributed by atoms with Crippen molar-refractivity contribution in [2.45, 2.75) is 33.7 Å². The number of hydrogen-bond acceptors (Lipinski definition) is 4. The molecule has 1 saturated carbocycles. The van der Waals surface area contributed by atoms with Crippen LogP contribution in [0.3, 0.4) is 0 Å². The van der Waals surface area contributed by atoms with Crippen molar-refractivity contribution in [3.63, 3.8) is 0 Å². The maximum Gasteiger partial charge on any atom is 0.253 e. The van der Waals surface area contributed by atoms with Crippen LogP contribution in [0.15, 0.2) is 12.1 Å². The monoisotopic (exact) mass is 276 g/mol. The zero-order valence-electron chi connectivity index (χ0n) is 12.2. The van der Waals surface area contributed by atoms with Gasteiger partial charge < -0.3 is 20.5 Å². The van der Waals surface area contributed by atoms with Crippen molar-refractivity contribution >= 4 is 11.6 Å². The molecular weight excluding hydrogens is 256 g/mol. The highest BCUT2D eigenvalue weighted by Gasteiger charge is 2.65. The number of carbonyl (C=O) groups is 1. The summed E-state index contributed by atoms with van der Waals surface area (Å²) in [5, 5.41) is 3.07. The number of amides is 1. The van der Waals surface area contributed by atoms with Crippen molar-refractivity contribution in [3.05, 3.63) is 17.7 Å². The van der Waals surface area contributed by atoms with Crippen molar-refractivity contribution in [3.8, 4) is 11.5 Å². The minimum Gasteiger partial charge on any atom is -0.454 e. The molecule has 3 rings (SSSR count). The van der Waals surface area contributed by atoms with Crippen molar-refractivity contribution in [2.24, 2.45) is 10.8 Å². The molecule has 1 aliphatic heterocycles. The third-order valence-corrected chi connectivity index (χ3v) is 5.09. The standard InChI is InChI=1S/C15H20N2O3/c1-14(2)13(15(14,3)4)17-12(18)8-5-10-11(6-9(8)16)20-7-19-10/h5-6,13H,7,16H2,1-4H3,(H,17,18). The van der Waals surface area contributed by atoms with Gasteiger partial charge in [-0.05, 0) is 16.9 Å². The van der Waals surface area contributed by atoms with Gasteiger partial charge in [-0.15, -0.1) is 0 Å². The van der Waals surface area contributed by atoms with E-state index in [4.69, 9.17) is 15.2 Å². The summed E-state index contributed by atoms with van der Waals surface area (Å²) in [4.78, 5) is 12.4. The van der Waals surface area contributed by atoms with Gasteiger partial charge in [0.1, 0.15) is 0 Å². The Labute approximate surface area is 118 Å². The Hall–Kier alpha value is -1.91. The Morgan fingerprint density at radius 3 is 2.30 bits per heavy atom. The molecule has 0 bridgehead atoms. The van der Waals surface area contributed by atoms with Gasteiger partial charge in [0.2, 0.25) is 6.79 Å². The van der Waals surface area contributed by atoms with Crippen molar-refractivity contribution in [1.82, 2.24) is 5.32 Å². The predicted molar refractivity (Wildman–Crippen MR) is 75.8 cm³/mol. The molecule has 0 unspecified atom stereocenters. The summed E-state index contributed by atoms with van der Waals surface area (Å²) in [5.74, 6) is 0.995. The minimum atomic E-state index is -0.163. The molecule has 2 aliphatic rings. The van der Waals surface area contributed by atoms with E-state index < -0.39 is 0 Å². The van der Waals surface area contributed by atoms with E-state index >= 15 is 0 Å². The van der Waals surface area contributed by atoms with E-state index in [1.165, 1.54) is 0 Å². The summed E-state index contributed by atoms with van der Waals surface area (Å²) < 4.78 is 10.5. The van der Waals surface area contributed by atoms with Crippen LogP contribution in [0.5, 0.6) is 11.5 Å². The molecule has 0 saturated heterocycles. The average Bonchev–Trinajstić information content (AvgIpc) is 2.73. The van der Waals surface area contributed by atoms with Gasteiger partial charge in [-0.1, -0.05) is 27.7 Å². The number of ether oxygens (including phenoxy) is 2. The maximum absolute atomic E-state index is 12.4. The molecule has 5 heteroatoms. The van der Waals surface area contributed by atoms with E-state index in [-0.39, 0.29) is 29.6 Å². The average molecular weight is 276 g/mol. The highest BCUT2D eigenvalue weighted by Crippen LogP contribution is 2.62. The Balaban J connectivity index is 1.82. The Bertz CT molecular complexity index is 579. The second-order valence-corrected chi connectivity index (χ2v) is 6.64. The lowest BCUT2D eigenvalue weighted by Gasteiger charge is -2.10. The molecular formula is C15H20N2O3. The molecule has 0 spiro atoms. The molecule has 1 amide bonds. The fourth-order valence-electron chi connectivity index (χ4n) is 2.92. The smallest absolute Gasteiger partial charge is 0.253 e. The number of nitrogens with one attached hydrogen (secondary N) is 1. The number of benzene rings is 1. The van der Waals surface area contributed by atoms with Gasteiger partial charge in [0.25, 0.3) is 5.91 Å². The second-order valence-electron chi connectivity index (χ2n) is 6.64. The summed E-state index contributed by atoms with van der Waals surface area (Å²) in [6, 6.07) is 3.43. The Morgan fingerprint density at radius 2 is 1.75 bits per heavy atom. The highest BCUT2D eigenvalue weighted by molar-refractivity contribution is 6.00. The summed E-state index contributed by atoms with van der Waals surface area (Å²) in [5.41, 5.74) is 6.95. The van der Waals surface area contributed by atoms with E-state index in [0.717, 1.165) is 0 Å². The lowest BCUT2D eigenvalue weighted by atomic mass is 10.0. The van der Waals surface area contributed by atoms with Crippen LogP contribution in [0, 0.1) is 10.8 Å². The van der Waals surface area contributed by atoms with Gasteiger partial charge in [0.15, 0.2) is 11.5 Å². The normalized spacial score (nSPS) is 21.6. The van der Waals surface area contributed by atoms with E-state index in [1.807, 2.05) is 0 Å². The van der Waals surface area contributed by atoms with E-state index in [9.17, 15) is 4.79 Å². The van der Waals surface area contributed by atoms with Crippen LogP contribution in [-0.2, 0) is 0 Å². The zero-order chi connectivity index (χ0) is 14.7. The third kappa shape index (κ3) is 1.65. The maximum atomic E-state index is 12.4. The molecule has 0 aromatic heterocycles. The minimum absolute atomic E-state index is 0.0910. The van der Waals surface area contributed by atoms with Crippen LogP contribution >= 0.6 is 0 Å². The largest absolute Gasteiger partial charge is 0.454 e. The van der Waals surface area contributed by atoms with Gasteiger partial charge in [0.05, 0.1) is 5.56 Å². The van der Waals surface area contributed by atoms with Crippen molar-refractivity contribution < 1.29 is 14.3 Å². The third-order valence-electron chi connectivity index (χ3n) is 5.09. The predicted octanol–water partition coefficient (Wildman–Crippen LogP) is 2.16. The van der Waals surface area contributed by atoms with Crippen molar-refractivity contribution in [1.29, 1.82) is 0 Å². The first-order valence-corrected chi connectivity index (χ1v) is 6.75. The highest BCUT2D eigenvalue weighted by atomic mass is 16.7. The molecule has 5 nitrogen and oxygen atoms in total. The molecule has 0 atom stereocenters. The number of anilines is 1. The lowest BCUT2D eigenvalue weighted by molar-refractivity contribution is 0.0944. The van der Waals surface area contributed by atoms with Crippen LogP contribution < -0.4 is 20.5 Å². The van der Waals surface area contributed by atoms with Crippen LogP contribution in [0.25, 0.3) is 0 Å². The first kappa shape index (κ1) is 13.1. The van der Waals surface area contributed by atoms with E-state index in [2.05, 4.69) is 33.0 Å². The molecule has 1 aliphatic carbocycles. The van der Waals surface area contributed by atoms with Gasteiger partial charge in [-0.3, -0.25) is 4.79 Å². The number of nitrogen functional groups attached to an aromatic ring is 1. The lowest BCUT2D eigenvalue weighted by Crippen LogP contribution is -2.30. The molecule has 1 aromatic carbocycles. The van der Waals surface area contributed by atoms with Gasteiger partial charge in [-0.25, -0.2) is 0 Å². The molecule has 108 valence electrons. The van der Waals surface area contributed by atoms with E-state index in [0.29, 0.717) is 22.7 Å².